The first kappa shape index (κ1) is 22.7. The van der Waals surface area contributed by atoms with E-state index in [4.69, 9.17) is 19.7 Å². The van der Waals surface area contributed by atoms with Crippen molar-refractivity contribution in [3.8, 4) is 5.75 Å². The van der Waals surface area contributed by atoms with Crippen LogP contribution >= 0.6 is 0 Å². The number of hydrogen-bond donors (Lipinski definition) is 2. The van der Waals surface area contributed by atoms with E-state index < -0.39 is 6.23 Å². The molecule has 0 radical (unpaired) electrons. The fourth-order valence-corrected chi connectivity index (χ4v) is 2.03. The van der Waals surface area contributed by atoms with Crippen molar-refractivity contribution >= 4 is 5.91 Å². The second-order valence-corrected chi connectivity index (χ2v) is 6.20. The molecule has 0 aliphatic rings. The van der Waals surface area contributed by atoms with Crippen LogP contribution in [0, 0.1) is 5.92 Å². The molecule has 0 saturated carbocycles. The molecule has 27 heavy (non-hydrogen) atoms. The van der Waals surface area contributed by atoms with Gasteiger partial charge < -0.3 is 24.8 Å². The third-order valence-corrected chi connectivity index (χ3v) is 3.32. The maximum atomic E-state index is 12.1. The number of nitrogens with zero attached hydrogens (tertiary/aromatic N) is 3. The van der Waals surface area contributed by atoms with Crippen LogP contribution in [0.1, 0.15) is 24.2 Å². The molecule has 0 fully saturated rings. The molecule has 0 aliphatic heterocycles. The molecule has 0 spiro atoms. The topological polar surface area (TPSA) is 118 Å². The predicted octanol–water partition coefficient (Wildman–Crippen LogP) is 2.34. The van der Waals surface area contributed by atoms with Crippen molar-refractivity contribution in [2.45, 2.75) is 20.1 Å². The molecular weight excluding hydrogens is 350 g/mol. The van der Waals surface area contributed by atoms with Gasteiger partial charge in [0.15, 0.2) is 6.23 Å². The molecule has 0 bridgehead atoms. The Morgan fingerprint density at radius 1 is 1.26 bits per heavy atom. The van der Waals surface area contributed by atoms with Crippen molar-refractivity contribution in [2.75, 3.05) is 46.6 Å². The highest BCUT2D eigenvalue weighted by Crippen LogP contribution is 2.14. The summed E-state index contributed by atoms with van der Waals surface area (Å²) in [4.78, 5) is 14.8. The Bertz CT molecular complexity index is 605. The zero-order valence-electron chi connectivity index (χ0n) is 16.2. The average molecular weight is 379 g/mol. The summed E-state index contributed by atoms with van der Waals surface area (Å²) in [5.41, 5.74) is 9.16. The average Bonchev–Trinajstić information content (AvgIpc) is 2.65. The number of nitrogens with one attached hydrogen (secondary N) is 2. The van der Waals surface area contributed by atoms with Crippen molar-refractivity contribution in [1.29, 1.82) is 0 Å². The summed E-state index contributed by atoms with van der Waals surface area (Å²) in [5.74, 6) is 0.763. The lowest BCUT2D eigenvalue weighted by Gasteiger charge is -2.15. The first-order chi connectivity index (χ1) is 13.1. The second-order valence-electron chi connectivity index (χ2n) is 6.20. The maximum Gasteiger partial charge on any atom is 0.251 e. The molecular formula is C18H29N5O4. The van der Waals surface area contributed by atoms with Crippen LogP contribution in [-0.4, -0.2) is 58.7 Å². The highest BCUT2D eigenvalue weighted by Gasteiger charge is 2.10. The van der Waals surface area contributed by atoms with Crippen LogP contribution < -0.4 is 15.4 Å². The van der Waals surface area contributed by atoms with Gasteiger partial charge in [-0.1, -0.05) is 25.0 Å². The van der Waals surface area contributed by atoms with E-state index in [2.05, 4.69) is 34.5 Å². The lowest BCUT2D eigenvalue weighted by molar-refractivity contribution is -0.0150. The molecule has 1 atom stereocenters. The van der Waals surface area contributed by atoms with Crippen molar-refractivity contribution < 1.29 is 19.0 Å². The number of benzene rings is 1. The number of carbonyl (C=O) groups excluding carboxylic acids is 1. The number of azide groups is 1. The Kier molecular flexibility index (Phi) is 11.6. The molecule has 150 valence electrons. The Morgan fingerprint density at radius 3 is 2.78 bits per heavy atom. The van der Waals surface area contributed by atoms with Crippen molar-refractivity contribution in [2.24, 2.45) is 11.0 Å². The van der Waals surface area contributed by atoms with Crippen LogP contribution in [0.2, 0.25) is 0 Å². The molecule has 0 saturated heterocycles. The van der Waals surface area contributed by atoms with Gasteiger partial charge >= 0.3 is 0 Å². The largest absolute Gasteiger partial charge is 0.491 e. The first-order valence-electron chi connectivity index (χ1n) is 8.96. The van der Waals surface area contributed by atoms with E-state index in [1.54, 1.807) is 24.3 Å². The van der Waals surface area contributed by atoms with Gasteiger partial charge in [-0.2, -0.15) is 0 Å². The smallest absolute Gasteiger partial charge is 0.251 e. The van der Waals surface area contributed by atoms with Crippen LogP contribution in [-0.2, 0) is 9.47 Å². The van der Waals surface area contributed by atoms with Gasteiger partial charge in [0.2, 0.25) is 0 Å². The number of hydrogen-bond acceptors (Lipinski definition) is 6. The lowest BCUT2D eigenvalue weighted by atomic mass is 10.2. The summed E-state index contributed by atoms with van der Waals surface area (Å²) in [6, 6.07) is 6.79. The molecule has 1 aromatic rings. The van der Waals surface area contributed by atoms with Gasteiger partial charge in [-0.15, -0.1) is 0 Å². The van der Waals surface area contributed by atoms with E-state index in [1.807, 2.05) is 7.05 Å². The Hall–Kier alpha value is -2.32. The van der Waals surface area contributed by atoms with Gasteiger partial charge in [0.25, 0.3) is 5.91 Å². The zero-order valence-corrected chi connectivity index (χ0v) is 16.2. The van der Waals surface area contributed by atoms with Crippen LogP contribution in [0.15, 0.2) is 29.4 Å². The number of amides is 1. The third kappa shape index (κ3) is 10.4. The highest BCUT2D eigenvalue weighted by atomic mass is 16.6. The molecule has 1 amide bonds. The van der Waals surface area contributed by atoms with Gasteiger partial charge in [-0.05, 0) is 36.7 Å². The summed E-state index contributed by atoms with van der Waals surface area (Å²) in [6.07, 6.45) is -0.772. The highest BCUT2D eigenvalue weighted by molar-refractivity contribution is 5.94. The molecule has 2 N–H and O–H groups in total. The van der Waals surface area contributed by atoms with Crippen molar-refractivity contribution in [3.63, 3.8) is 0 Å². The number of ether oxygens (including phenoxy) is 3. The Balaban J connectivity index is 2.47. The van der Waals surface area contributed by atoms with E-state index in [9.17, 15) is 4.79 Å². The molecule has 9 heteroatoms. The van der Waals surface area contributed by atoms with Gasteiger partial charge in [0.05, 0.1) is 13.2 Å². The number of likely N-dealkylation sites (N-methyl/N-ethyl adjacent to an activating group) is 1. The molecule has 0 aliphatic carbocycles. The normalized spacial score (nSPS) is 11.7. The van der Waals surface area contributed by atoms with E-state index in [0.29, 0.717) is 50.1 Å². The SMILES string of the molecule is CNCCNC(=O)c1cccc(OCC(N=[N+]=[N-])OCCOCC(C)C)c1. The maximum absolute atomic E-state index is 12.1. The van der Waals surface area contributed by atoms with Crippen LogP contribution in [0.5, 0.6) is 5.75 Å². The van der Waals surface area contributed by atoms with Gasteiger partial charge in [-0.3, -0.25) is 4.79 Å². The first-order valence-corrected chi connectivity index (χ1v) is 8.96. The summed E-state index contributed by atoms with van der Waals surface area (Å²) < 4.78 is 16.5. The number of rotatable bonds is 14. The van der Waals surface area contributed by atoms with Crippen LogP contribution in [0.4, 0.5) is 0 Å². The van der Waals surface area contributed by atoms with Crippen molar-refractivity contribution in [3.05, 3.63) is 40.3 Å². The fourth-order valence-electron chi connectivity index (χ4n) is 2.03. The van der Waals surface area contributed by atoms with E-state index in [0.717, 1.165) is 0 Å². The minimum absolute atomic E-state index is 0.0407. The predicted molar refractivity (Wildman–Crippen MR) is 103 cm³/mol. The lowest BCUT2D eigenvalue weighted by Crippen LogP contribution is -2.30. The minimum Gasteiger partial charge on any atom is -0.491 e. The van der Waals surface area contributed by atoms with E-state index in [1.165, 1.54) is 0 Å². The summed E-state index contributed by atoms with van der Waals surface area (Å²) >= 11 is 0. The Morgan fingerprint density at radius 2 is 2.07 bits per heavy atom. The third-order valence-electron chi connectivity index (χ3n) is 3.32. The standard InChI is InChI=1S/C18H29N5O4/c1-14(2)12-25-9-10-26-17(22-23-19)13-27-16-6-4-5-15(11-16)18(24)21-8-7-20-3/h4-6,11,14,17,20H,7-10,12-13H2,1-3H3,(H,21,24). The van der Waals surface area contributed by atoms with Gasteiger partial charge in [0.1, 0.15) is 12.4 Å². The van der Waals surface area contributed by atoms with Crippen molar-refractivity contribution in [1.82, 2.24) is 10.6 Å². The summed E-state index contributed by atoms with van der Waals surface area (Å²) in [7, 11) is 1.82. The minimum atomic E-state index is -0.772. The Labute approximate surface area is 160 Å². The molecule has 0 aromatic heterocycles. The molecule has 1 rings (SSSR count). The quantitative estimate of drug-likeness (QED) is 0.223. The van der Waals surface area contributed by atoms with Gasteiger partial charge in [-0.25, -0.2) is 0 Å². The van der Waals surface area contributed by atoms with E-state index in [-0.39, 0.29) is 12.5 Å². The number of carbonyl (C=O) groups is 1. The van der Waals surface area contributed by atoms with Crippen LogP contribution in [0.3, 0.4) is 0 Å². The molecule has 1 aromatic carbocycles. The molecule has 1 unspecified atom stereocenters. The molecule has 9 nitrogen and oxygen atoms in total. The van der Waals surface area contributed by atoms with E-state index >= 15 is 0 Å². The second kappa shape index (κ2) is 13.8. The van der Waals surface area contributed by atoms with Crippen LogP contribution in [0.25, 0.3) is 10.4 Å². The summed E-state index contributed by atoms with van der Waals surface area (Å²) in [5, 5.41) is 9.33. The van der Waals surface area contributed by atoms with Gasteiger partial charge in [0, 0.05) is 30.2 Å². The summed E-state index contributed by atoms with van der Waals surface area (Å²) in [6.45, 7) is 6.75. The monoisotopic (exact) mass is 379 g/mol. The molecule has 0 heterocycles. The fraction of sp³-hybridized carbons (Fsp3) is 0.611. The zero-order chi connectivity index (χ0) is 19.9.